The minimum atomic E-state index is -0.594. The molecule has 0 aliphatic heterocycles. The molecule has 1 amide bonds. The average molecular weight is 407 g/mol. The van der Waals surface area contributed by atoms with E-state index in [0.29, 0.717) is 4.88 Å². The number of anilines is 1. The molecule has 0 aliphatic carbocycles. The molecule has 0 fully saturated rings. The number of rotatable bonds is 3. The van der Waals surface area contributed by atoms with Crippen LogP contribution in [-0.2, 0) is 0 Å². The molecule has 0 spiro atoms. The largest absolute Gasteiger partial charge is 0.315 e. The summed E-state index contributed by atoms with van der Waals surface area (Å²) < 4.78 is 1.54. The highest BCUT2D eigenvalue weighted by Gasteiger charge is 2.18. The van der Waals surface area contributed by atoms with Crippen molar-refractivity contribution < 1.29 is 9.72 Å². The molecule has 0 bridgehead atoms. The van der Waals surface area contributed by atoms with Crippen LogP contribution < -0.4 is 5.32 Å². The summed E-state index contributed by atoms with van der Waals surface area (Å²) >= 11 is 7.78. The lowest BCUT2D eigenvalue weighted by Gasteiger charge is -2.03. The van der Waals surface area contributed by atoms with Gasteiger partial charge in [-0.05, 0) is 44.0 Å². The number of hydrogen-bond acceptors (Lipinski definition) is 5. The van der Waals surface area contributed by atoms with Crippen molar-refractivity contribution in [3.05, 3.63) is 47.8 Å². The van der Waals surface area contributed by atoms with Crippen molar-refractivity contribution in [1.82, 2.24) is 4.98 Å². The van der Waals surface area contributed by atoms with E-state index in [2.05, 4.69) is 42.2 Å². The number of carbonyl (C=O) groups is 1. The molecule has 0 saturated heterocycles. The maximum Gasteiger partial charge on any atom is 0.310 e. The van der Waals surface area contributed by atoms with Gasteiger partial charge in [0.2, 0.25) is 0 Å². The van der Waals surface area contributed by atoms with Crippen molar-refractivity contribution in [3.8, 4) is 0 Å². The highest BCUT2D eigenvalue weighted by Crippen LogP contribution is 2.33. The molecule has 98 valence electrons. The van der Waals surface area contributed by atoms with E-state index in [4.69, 9.17) is 0 Å². The van der Waals surface area contributed by atoms with Gasteiger partial charge in [0.25, 0.3) is 5.91 Å². The van der Waals surface area contributed by atoms with Crippen LogP contribution in [-0.4, -0.2) is 15.8 Å². The van der Waals surface area contributed by atoms with E-state index in [9.17, 15) is 14.9 Å². The third-order valence-electron chi connectivity index (χ3n) is 2.11. The lowest BCUT2D eigenvalue weighted by molar-refractivity contribution is -0.384. The number of hydrogen-bond donors (Lipinski definition) is 1. The van der Waals surface area contributed by atoms with Crippen LogP contribution in [0.3, 0.4) is 0 Å². The molecule has 0 saturated carbocycles. The molecular weight excluding hydrogens is 402 g/mol. The van der Waals surface area contributed by atoms with Gasteiger partial charge in [-0.2, -0.15) is 0 Å². The number of amides is 1. The van der Waals surface area contributed by atoms with E-state index in [1.54, 1.807) is 6.07 Å². The Morgan fingerprint density at radius 3 is 2.79 bits per heavy atom. The number of carbonyl (C=O) groups excluding carboxylic acids is 1. The zero-order chi connectivity index (χ0) is 14.0. The monoisotopic (exact) mass is 405 g/mol. The van der Waals surface area contributed by atoms with Crippen LogP contribution in [0.4, 0.5) is 11.4 Å². The highest BCUT2D eigenvalue weighted by molar-refractivity contribution is 9.13. The smallest absolute Gasteiger partial charge is 0.310 e. The molecule has 6 nitrogen and oxygen atoms in total. The Kier molecular flexibility index (Phi) is 4.27. The average Bonchev–Trinajstić information content (AvgIpc) is 2.70. The topological polar surface area (TPSA) is 85.1 Å². The van der Waals surface area contributed by atoms with Gasteiger partial charge < -0.3 is 5.32 Å². The number of halogens is 2. The summed E-state index contributed by atoms with van der Waals surface area (Å²) in [5.41, 5.74) is -0.129. The Balaban J connectivity index is 2.26. The van der Waals surface area contributed by atoms with Crippen LogP contribution in [0.15, 0.2) is 32.8 Å². The summed E-state index contributed by atoms with van der Waals surface area (Å²) in [6.45, 7) is 0. The maximum absolute atomic E-state index is 12.0. The fraction of sp³-hybridized carbons (Fsp3) is 0. The van der Waals surface area contributed by atoms with Crippen LogP contribution in [0.1, 0.15) is 9.67 Å². The van der Waals surface area contributed by atoms with Gasteiger partial charge in [-0.1, -0.05) is 0 Å². The molecule has 0 aliphatic rings. The van der Waals surface area contributed by atoms with Crippen LogP contribution in [0.25, 0.3) is 0 Å². The van der Waals surface area contributed by atoms with Crippen molar-refractivity contribution in [2.75, 3.05) is 5.32 Å². The zero-order valence-electron chi connectivity index (χ0n) is 9.09. The SMILES string of the molecule is O=C(Nc1ccncc1[N+](=O)[O-])c1cc(Br)c(Br)s1. The predicted molar refractivity (Wildman–Crippen MR) is 78.6 cm³/mol. The first-order valence-electron chi connectivity index (χ1n) is 4.83. The van der Waals surface area contributed by atoms with Crippen molar-refractivity contribution in [2.24, 2.45) is 0 Å². The summed E-state index contributed by atoms with van der Waals surface area (Å²) in [7, 11) is 0. The van der Waals surface area contributed by atoms with Crippen molar-refractivity contribution in [3.63, 3.8) is 0 Å². The molecule has 2 aromatic heterocycles. The minimum absolute atomic E-state index is 0.116. The Labute approximate surface area is 128 Å². The first-order chi connectivity index (χ1) is 8.99. The Bertz CT molecular complexity index is 640. The van der Waals surface area contributed by atoms with Crippen LogP contribution in [0.5, 0.6) is 0 Å². The second kappa shape index (κ2) is 5.76. The zero-order valence-corrected chi connectivity index (χ0v) is 13.1. The molecule has 1 N–H and O–H groups in total. The summed E-state index contributed by atoms with van der Waals surface area (Å²) in [5, 5.41) is 13.3. The second-order valence-electron chi connectivity index (χ2n) is 3.34. The van der Waals surface area contributed by atoms with Crippen LogP contribution in [0, 0.1) is 10.1 Å². The molecule has 0 aromatic carbocycles. The molecule has 9 heteroatoms. The van der Waals surface area contributed by atoms with Gasteiger partial charge in [-0.25, -0.2) is 0 Å². The number of aromatic nitrogens is 1. The Morgan fingerprint density at radius 1 is 1.47 bits per heavy atom. The van der Waals surface area contributed by atoms with Crippen molar-refractivity contribution >= 4 is 60.5 Å². The first-order valence-corrected chi connectivity index (χ1v) is 7.24. The Hall–Kier alpha value is -1.32. The molecule has 19 heavy (non-hydrogen) atoms. The van der Waals surface area contributed by atoms with E-state index in [1.165, 1.54) is 23.6 Å². The van der Waals surface area contributed by atoms with E-state index < -0.39 is 10.8 Å². The van der Waals surface area contributed by atoms with Gasteiger partial charge >= 0.3 is 5.69 Å². The molecule has 2 heterocycles. The van der Waals surface area contributed by atoms with Crippen LogP contribution >= 0.6 is 43.2 Å². The van der Waals surface area contributed by atoms with E-state index in [0.717, 1.165) is 14.5 Å². The highest BCUT2D eigenvalue weighted by atomic mass is 79.9. The van der Waals surface area contributed by atoms with E-state index in [1.807, 2.05) is 0 Å². The number of pyridine rings is 1. The van der Waals surface area contributed by atoms with Crippen molar-refractivity contribution in [1.29, 1.82) is 0 Å². The first kappa shape index (κ1) is 14.1. The van der Waals surface area contributed by atoms with Gasteiger partial charge in [-0.3, -0.25) is 19.9 Å². The third kappa shape index (κ3) is 3.17. The molecular formula is C10H5Br2N3O3S. The van der Waals surface area contributed by atoms with Gasteiger partial charge in [0.05, 0.1) is 13.6 Å². The fourth-order valence-corrected chi connectivity index (χ4v) is 3.21. The molecule has 2 aromatic rings. The number of nitrogens with one attached hydrogen (secondary N) is 1. The normalized spacial score (nSPS) is 10.2. The van der Waals surface area contributed by atoms with Gasteiger partial charge in [-0.15, -0.1) is 11.3 Å². The number of thiophene rings is 1. The minimum Gasteiger partial charge on any atom is -0.315 e. The summed E-state index contributed by atoms with van der Waals surface area (Å²) in [5.74, 6) is -0.411. The fourth-order valence-electron chi connectivity index (χ4n) is 1.28. The number of nitro groups is 1. The van der Waals surface area contributed by atoms with Gasteiger partial charge in [0, 0.05) is 10.7 Å². The maximum atomic E-state index is 12.0. The van der Waals surface area contributed by atoms with Gasteiger partial charge in [0.1, 0.15) is 11.9 Å². The number of nitrogens with zero attached hydrogens (tertiary/aromatic N) is 2. The lowest BCUT2D eigenvalue weighted by atomic mass is 10.3. The summed E-state index contributed by atoms with van der Waals surface area (Å²) in [6, 6.07) is 3.02. The van der Waals surface area contributed by atoms with Crippen molar-refractivity contribution in [2.45, 2.75) is 0 Å². The quantitative estimate of drug-likeness (QED) is 0.619. The predicted octanol–water partition coefficient (Wildman–Crippen LogP) is 3.83. The molecule has 0 radical (unpaired) electrons. The van der Waals surface area contributed by atoms with E-state index in [-0.39, 0.29) is 11.4 Å². The summed E-state index contributed by atoms with van der Waals surface area (Å²) in [4.78, 5) is 26.3. The second-order valence-corrected chi connectivity index (χ2v) is 6.56. The molecule has 2 rings (SSSR count). The molecule has 0 unspecified atom stereocenters. The van der Waals surface area contributed by atoms with Gasteiger partial charge in [0.15, 0.2) is 0 Å². The standard InChI is InChI=1S/C10H5Br2N3O3S/c11-5-3-8(19-9(5)12)10(16)14-6-1-2-13-4-7(6)15(17)18/h1-4H,(H,13,14,16). The van der Waals surface area contributed by atoms with Crippen LogP contribution in [0.2, 0.25) is 0 Å². The third-order valence-corrected chi connectivity index (χ3v) is 5.37. The van der Waals surface area contributed by atoms with E-state index >= 15 is 0 Å². The lowest BCUT2D eigenvalue weighted by Crippen LogP contribution is -2.11. The Morgan fingerprint density at radius 2 is 2.21 bits per heavy atom. The molecule has 0 atom stereocenters. The summed E-state index contributed by atoms with van der Waals surface area (Å²) in [6.07, 6.45) is 2.47.